The highest BCUT2D eigenvalue weighted by molar-refractivity contribution is 5.82. The lowest BCUT2D eigenvalue weighted by Crippen LogP contribution is -2.44. The highest BCUT2D eigenvalue weighted by Gasteiger charge is 2.30. The van der Waals surface area contributed by atoms with E-state index in [1.807, 2.05) is 45.0 Å². The van der Waals surface area contributed by atoms with Crippen molar-refractivity contribution in [2.45, 2.75) is 70.9 Å². The van der Waals surface area contributed by atoms with Crippen molar-refractivity contribution in [1.29, 1.82) is 0 Å². The summed E-state index contributed by atoms with van der Waals surface area (Å²) in [5.41, 5.74) is 7.92. The van der Waals surface area contributed by atoms with Gasteiger partial charge in [-0.25, -0.2) is 13.6 Å². The second-order valence-electron chi connectivity index (χ2n) is 10.9. The summed E-state index contributed by atoms with van der Waals surface area (Å²) >= 11 is 0. The Hall–Kier alpha value is -3.20. The monoisotopic (exact) mass is 543 g/mol. The zero-order chi connectivity index (χ0) is 28.1. The van der Waals surface area contributed by atoms with Gasteiger partial charge in [-0.3, -0.25) is 4.79 Å². The first-order valence-electron chi connectivity index (χ1n) is 13.8. The molecule has 2 heterocycles. The third-order valence-electron chi connectivity index (χ3n) is 7.56. The van der Waals surface area contributed by atoms with Crippen molar-refractivity contribution in [3.8, 4) is 16.9 Å². The first-order valence-corrected chi connectivity index (χ1v) is 13.8. The number of nitrogens with two attached hydrogens (primary N) is 1. The van der Waals surface area contributed by atoms with Crippen molar-refractivity contribution in [3.63, 3.8) is 0 Å². The number of carbonyl (C=O) groups is 2. The molecule has 2 aliphatic heterocycles. The van der Waals surface area contributed by atoms with Crippen LogP contribution in [0.4, 0.5) is 13.6 Å². The summed E-state index contributed by atoms with van der Waals surface area (Å²) in [6.07, 6.45) is 0.657. The first kappa shape index (κ1) is 28.8. The molecule has 2 N–H and O–H groups in total. The summed E-state index contributed by atoms with van der Waals surface area (Å²) in [6.45, 7) is 7.45. The molecule has 2 aliphatic rings. The molecule has 2 aromatic rings. The van der Waals surface area contributed by atoms with E-state index in [0.717, 1.165) is 24.2 Å². The normalized spacial score (nSPS) is 19.7. The number of rotatable bonds is 8. The molecular weight excluding hydrogens is 504 g/mol. The van der Waals surface area contributed by atoms with Gasteiger partial charge < -0.3 is 25.0 Å². The van der Waals surface area contributed by atoms with Crippen LogP contribution in [0.5, 0.6) is 5.75 Å². The van der Waals surface area contributed by atoms with Gasteiger partial charge in [-0.2, -0.15) is 0 Å². The van der Waals surface area contributed by atoms with Crippen molar-refractivity contribution in [3.05, 3.63) is 53.8 Å². The Labute approximate surface area is 229 Å². The number of halogens is 2. The molecule has 2 amide bonds. The van der Waals surface area contributed by atoms with Crippen molar-refractivity contribution >= 4 is 12.0 Å². The molecule has 212 valence electrons. The highest BCUT2D eigenvalue weighted by atomic mass is 19.1. The number of amides is 2. The summed E-state index contributed by atoms with van der Waals surface area (Å²) in [7, 11) is 0. The van der Waals surface area contributed by atoms with Crippen LogP contribution in [0.15, 0.2) is 42.5 Å². The smallest absolute Gasteiger partial charge is 0.410 e. The maximum atomic E-state index is 14.9. The lowest BCUT2D eigenvalue weighted by molar-refractivity contribution is -0.131. The van der Waals surface area contributed by atoms with E-state index in [9.17, 15) is 18.4 Å². The number of alkyl halides is 1. The number of carbonyl (C=O) groups excluding carboxylic acids is 2. The highest BCUT2D eigenvalue weighted by Crippen LogP contribution is 2.28. The fourth-order valence-electron chi connectivity index (χ4n) is 5.23. The van der Waals surface area contributed by atoms with E-state index in [4.69, 9.17) is 15.2 Å². The fourth-order valence-corrected chi connectivity index (χ4v) is 5.23. The second kappa shape index (κ2) is 12.8. The van der Waals surface area contributed by atoms with Crippen LogP contribution in [-0.4, -0.2) is 72.4 Å². The van der Waals surface area contributed by atoms with Gasteiger partial charge in [0.1, 0.15) is 17.7 Å². The largest absolute Gasteiger partial charge is 0.490 e. The van der Waals surface area contributed by atoms with E-state index in [-0.39, 0.29) is 37.2 Å². The van der Waals surface area contributed by atoms with Gasteiger partial charge in [0.15, 0.2) is 0 Å². The number of ether oxygens (including phenoxy) is 2. The van der Waals surface area contributed by atoms with E-state index in [1.165, 1.54) is 11.0 Å². The standard InChI is InChI=1S/C30H39F2N3O4/c1-19(2)38-30(37)34-13-10-21(11-14-34)20(3)39-26-8-6-22(7-9-26)23-4-5-24(27(32)16-23)17-28(33)29(36)35-15-12-25(31)18-35/h4-9,16,19-21,25,28H,10-15,17-18,33H2,1-3H3/t20-,25-,28-/m0/s1. The molecule has 39 heavy (non-hydrogen) atoms. The van der Waals surface area contributed by atoms with Crippen LogP contribution in [0.1, 0.15) is 45.6 Å². The van der Waals surface area contributed by atoms with Crippen LogP contribution in [0.25, 0.3) is 11.1 Å². The minimum atomic E-state index is -1.02. The van der Waals surface area contributed by atoms with Gasteiger partial charge in [0, 0.05) is 19.6 Å². The molecule has 7 nitrogen and oxygen atoms in total. The summed E-state index contributed by atoms with van der Waals surface area (Å²) in [5, 5.41) is 0. The molecular formula is C30H39F2N3O4. The van der Waals surface area contributed by atoms with E-state index in [0.29, 0.717) is 43.1 Å². The Bertz CT molecular complexity index is 1140. The zero-order valence-corrected chi connectivity index (χ0v) is 22.9. The van der Waals surface area contributed by atoms with Crippen molar-refractivity contribution in [2.75, 3.05) is 26.2 Å². The van der Waals surface area contributed by atoms with Gasteiger partial charge in [-0.15, -0.1) is 0 Å². The molecule has 0 radical (unpaired) electrons. The van der Waals surface area contributed by atoms with Crippen molar-refractivity contribution < 1.29 is 27.8 Å². The van der Waals surface area contributed by atoms with Crippen LogP contribution in [0.2, 0.25) is 0 Å². The topological polar surface area (TPSA) is 85.1 Å². The third kappa shape index (κ3) is 7.47. The Balaban J connectivity index is 1.29. The lowest BCUT2D eigenvalue weighted by atomic mass is 9.92. The number of benzene rings is 2. The zero-order valence-electron chi connectivity index (χ0n) is 22.9. The van der Waals surface area contributed by atoms with Crippen LogP contribution < -0.4 is 10.5 Å². The summed E-state index contributed by atoms with van der Waals surface area (Å²) in [6, 6.07) is 11.5. The lowest BCUT2D eigenvalue weighted by Gasteiger charge is -2.34. The van der Waals surface area contributed by atoms with Gasteiger partial charge in [0.2, 0.25) is 5.91 Å². The quantitative estimate of drug-likeness (QED) is 0.509. The molecule has 0 aromatic heterocycles. The van der Waals surface area contributed by atoms with Gasteiger partial charge >= 0.3 is 6.09 Å². The third-order valence-corrected chi connectivity index (χ3v) is 7.56. The molecule has 0 unspecified atom stereocenters. The van der Waals surface area contributed by atoms with E-state index in [2.05, 4.69) is 0 Å². The Morgan fingerprint density at radius 1 is 0.974 bits per heavy atom. The molecule has 2 fully saturated rings. The average molecular weight is 544 g/mol. The molecule has 0 bridgehead atoms. The maximum Gasteiger partial charge on any atom is 0.410 e. The number of likely N-dealkylation sites (tertiary alicyclic amines) is 2. The van der Waals surface area contributed by atoms with Crippen LogP contribution >= 0.6 is 0 Å². The number of nitrogens with zero attached hydrogens (tertiary/aromatic N) is 2. The minimum absolute atomic E-state index is 0.0147. The molecule has 0 spiro atoms. The maximum absolute atomic E-state index is 14.9. The SMILES string of the molecule is CC(C)OC(=O)N1CCC([C@H](C)Oc2ccc(-c3ccc(C[C@H](N)C(=O)N4CC[C@H](F)C4)c(F)c3)cc2)CC1. The molecule has 2 saturated heterocycles. The summed E-state index contributed by atoms with van der Waals surface area (Å²) < 4.78 is 39.8. The average Bonchev–Trinajstić information content (AvgIpc) is 3.35. The molecule has 0 saturated carbocycles. The number of hydrogen-bond donors (Lipinski definition) is 1. The van der Waals surface area contributed by atoms with Crippen LogP contribution in [-0.2, 0) is 16.0 Å². The second-order valence-corrected chi connectivity index (χ2v) is 10.9. The predicted octanol–water partition coefficient (Wildman–Crippen LogP) is 4.96. The fraction of sp³-hybridized carbons (Fsp3) is 0.533. The summed E-state index contributed by atoms with van der Waals surface area (Å²) in [4.78, 5) is 27.7. The van der Waals surface area contributed by atoms with Gasteiger partial charge in [0.25, 0.3) is 0 Å². The Morgan fingerprint density at radius 3 is 2.21 bits per heavy atom. The van der Waals surface area contributed by atoms with E-state index >= 15 is 0 Å². The summed E-state index contributed by atoms with van der Waals surface area (Å²) in [5.74, 6) is 0.282. The minimum Gasteiger partial charge on any atom is -0.490 e. The molecule has 9 heteroatoms. The van der Waals surface area contributed by atoms with Crippen LogP contribution in [0, 0.1) is 11.7 Å². The van der Waals surface area contributed by atoms with E-state index in [1.54, 1.807) is 17.0 Å². The number of piperidine rings is 1. The van der Waals surface area contributed by atoms with Gasteiger partial charge in [0.05, 0.1) is 24.8 Å². The molecule has 2 aromatic carbocycles. The Morgan fingerprint density at radius 2 is 1.62 bits per heavy atom. The molecule has 4 rings (SSSR count). The Kier molecular flexibility index (Phi) is 9.43. The first-order chi connectivity index (χ1) is 18.6. The molecule has 3 atom stereocenters. The van der Waals surface area contributed by atoms with E-state index < -0.39 is 18.0 Å². The van der Waals surface area contributed by atoms with Gasteiger partial charge in [-0.1, -0.05) is 24.3 Å². The van der Waals surface area contributed by atoms with Crippen LogP contribution in [0.3, 0.4) is 0 Å². The predicted molar refractivity (Wildman–Crippen MR) is 146 cm³/mol. The molecule has 0 aliphatic carbocycles. The number of hydrogen-bond acceptors (Lipinski definition) is 5. The van der Waals surface area contributed by atoms with Crippen molar-refractivity contribution in [2.24, 2.45) is 11.7 Å². The van der Waals surface area contributed by atoms with Gasteiger partial charge in [-0.05, 0) is 87.3 Å². The van der Waals surface area contributed by atoms with Crippen molar-refractivity contribution in [1.82, 2.24) is 9.80 Å².